The fourth-order valence-electron chi connectivity index (χ4n) is 1.05. The molecule has 0 heterocycles. The monoisotopic (exact) mass is 368 g/mol. The first kappa shape index (κ1) is 19.3. The topological polar surface area (TPSA) is 40.5 Å². The van der Waals surface area contributed by atoms with Gasteiger partial charge < -0.3 is 10.2 Å². The van der Waals surface area contributed by atoms with Gasteiger partial charge in [-0.25, -0.2) is 0 Å². The summed E-state index contributed by atoms with van der Waals surface area (Å²) in [7, 11) is 0. The Labute approximate surface area is 121 Å². The van der Waals surface area contributed by atoms with E-state index in [1.807, 2.05) is 39.8 Å². The number of hydrogen-bond acceptors (Lipinski definition) is 2. The molecule has 0 aliphatic rings. The number of benzene rings is 1. The van der Waals surface area contributed by atoms with Gasteiger partial charge in [-0.3, -0.25) is 0 Å². The van der Waals surface area contributed by atoms with Gasteiger partial charge in [0.2, 0.25) is 0 Å². The van der Waals surface area contributed by atoms with Crippen LogP contribution in [0.3, 0.4) is 0 Å². The summed E-state index contributed by atoms with van der Waals surface area (Å²) < 4.78 is 1.35. The summed E-state index contributed by atoms with van der Waals surface area (Å²) >= 11 is 6.49. The van der Waals surface area contributed by atoms with Crippen LogP contribution in [-0.4, -0.2) is 16.8 Å². The highest BCUT2D eigenvalue weighted by molar-refractivity contribution is 9.11. The largest absolute Gasteiger partial charge is 0.506 e. The van der Waals surface area contributed by atoms with E-state index in [0.717, 1.165) is 18.4 Å². The zero-order chi connectivity index (χ0) is 13.8. The van der Waals surface area contributed by atoms with E-state index in [2.05, 4.69) is 31.9 Å². The molecule has 0 unspecified atom stereocenters. The average molecular weight is 370 g/mol. The Hall–Kier alpha value is -0.0600. The van der Waals surface area contributed by atoms with Crippen LogP contribution in [0.5, 0.6) is 5.75 Å². The predicted octanol–water partition coefficient (Wildman–Crippen LogP) is 4.89. The van der Waals surface area contributed by atoms with Crippen molar-refractivity contribution in [2.45, 2.75) is 40.5 Å². The van der Waals surface area contributed by atoms with E-state index in [1.54, 1.807) is 0 Å². The standard InChI is InChI=1S/C9H10Br2O2.2C2H6/c10-7-4-6(2-1-3-12)5-8(11)9(7)13;2*1-2/h4-5,12-13H,1-3H2;2*1-2H3. The first-order chi connectivity index (χ1) is 8.15. The number of halogens is 2. The van der Waals surface area contributed by atoms with Crippen molar-refractivity contribution in [3.8, 4) is 5.75 Å². The van der Waals surface area contributed by atoms with Gasteiger partial charge in [-0.15, -0.1) is 0 Å². The highest BCUT2D eigenvalue weighted by atomic mass is 79.9. The molecule has 1 aromatic rings. The van der Waals surface area contributed by atoms with Crippen molar-refractivity contribution >= 4 is 31.9 Å². The molecule has 1 aromatic carbocycles. The van der Waals surface area contributed by atoms with Gasteiger partial charge in [0.15, 0.2) is 0 Å². The Bertz CT molecular complexity index is 278. The molecule has 0 radical (unpaired) electrons. The molecule has 0 aliphatic carbocycles. The number of aromatic hydroxyl groups is 1. The summed E-state index contributed by atoms with van der Waals surface area (Å²) in [6, 6.07) is 3.71. The van der Waals surface area contributed by atoms with Crippen LogP contribution in [0, 0.1) is 0 Å². The van der Waals surface area contributed by atoms with Crippen molar-refractivity contribution in [3.63, 3.8) is 0 Å². The molecule has 1 rings (SSSR count). The predicted molar refractivity (Wildman–Crippen MR) is 81.6 cm³/mol. The average Bonchev–Trinajstić information content (AvgIpc) is 2.38. The van der Waals surface area contributed by atoms with Crippen LogP contribution in [0.2, 0.25) is 0 Å². The number of rotatable bonds is 3. The molecule has 4 heteroatoms. The smallest absolute Gasteiger partial charge is 0.143 e. The molecule has 0 amide bonds. The minimum Gasteiger partial charge on any atom is -0.506 e. The molecular weight excluding hydrogens is 348 g/mol. The fourth-order valence-corrected chi connectivity index (χ4v) is 2.33. The van der Waals surface area contributed by atoms with Gasteiger partial charge in [-0.2, -0.15) is 0 Å². The second kappa shape index (κ2) is 12.4. The number of aryl methyl sites for hydroxylation is 1. The van der Waals surface area contributed by atoms with Gasteiger partial charge in [0, 0.05) is 6.61 Å². The summed E-state index contributed by atoms with van der Waals surface area (Å²) in [5.74, 6) is 0.216. The lowest BCUT2D eigenvalue weighted by Gasteiger charge is -2.04. The summed E-state index contributed by atoms with van der Waals surface area (Å²) in [6.07, 6.45) is 1.55. The Balaban J connectivity index is 0. The van der Waals surface area contributed by atoms with E-state index in [9.17, 15) is 5.11 Å². The SMILES string of the molecule is CC.CC.OCCCc1cc(Br)c(O)c(Br)c1. The summed E-state index contributed by atoms with van der Waals surface area (Å²) in [5.41, 5.74) is 1.09. The third kappa shape index (κ3) is 7.79. The van der Waals surface area contributed by atoms with Crippen molar-refractivity contribution in [2.24, 2.45) is 0 Å². The van der Waals surface area contributed by atoms with Gasteiger partial charge in [-0.05, 0) is 62.4 Å². The lowest BCUT2D eigenvalue weighted by molar-refractivity contribution is 0.288. The van der Waals surface area contributed by atoms with Crippen LogP contribution in [-0.2, 0) is 6.42 Å². The molecule has 2 nitrogen and oxygen atoms in total. The minimum absolute atomic E-state index is 0.191. The van der Waals surface area contributed by atoms with Crippen molar-refractivity contribution in [1.29, 1.82) is 0 Å². The maximum atomic E-state index is 9.41. The molecule has 2 N–H and O–H groups in total. The second-order valence-electron chi connectivity index (χ2n) is 2.74. The third-order valence-corrected chi connectivity index (χ3v) is 2.91. The van der Waals surface area contributed by atoms with Gasteiger partial charge in [-0.1, -0.05) is 27.7 Å². The Morgan fingerprint density at radius 1 is 1.00 bits per heavy atom. The van der Waals surface area contributed by atoms with E-state index < -0.39 is 0 Å². The van der Waals surface area contributed by atoms with Crippen LogP contribution in [0.15, 0.2) is 21.1 Å². The maximum Gasteiger partial charge on any atom is 0.143 e. The molecule has 0 aliphatic heterocycles. The summed E-state index contributed by atoms with van der Waals surface area (Å²) in [4.78, 5) is 0. The van der Waals surface area contributed by atoms with Gasteiger partial charge in [0.1, 0.15) is 5.75 Å². The van der Waals surface area contributed by atoms with Crippen molar-refractivity contribution in [1.82, 2.24) is 0 Å². The van der Waals surface area contributed by atoms with Crippen molar-refractivity contribution < 1.29 is 10.2 Å². The lowest BCUT2D eigenvalue weighted by atomic mass is 10.1. The summed E-state index contributed by atoms with van der Waals surface area (Å²) in [6.45, 7) is 8.19. The lowest BCUT2D eigenvalue weighted by Crippen LogP contribution is -1.89. The van der Waals surface area contributed by atoms with E-state index in [4.69, 9.17) is 5.11 Å². The Morgan fingerprint density at radius 3 is 1.76 bits per heavy atom. The zero-order valence-electron chi connectivity index (χ0n) is 10.9. The molecule has 0 aromatic heterocycles. The van der Waals surface area contributed by atoms with Crippen LogP contribution in [0.1, 0.15) is 39.7 Å². The highest BCUT2D eigenvalue weighted by Crippen LogP contribution is 2.33. The van der Waals surface area contributed by atoms with Crippen LogP contribution in [0.4, 0.5) is 0 Å². The van der Waals surface area contributed by atoms with Gasteiger partial charge >= 0.3 is 0 Å². The number of aliphatic hydroxyl groups excluding tert-OH is 1. The molecule has 0 fully saturated rings. The number of phenols is 1. The van der Waals surface area contributed by atoms with Crippen molar-refractivity contribution in [2.75, 3.05) is 6.61 Å². The zero-order valence-corrected chi connectivity index (χ0v) is 14.1. The molecule has 0 atom stereocenters. The number of aliphatic hydroxyl groups is 1. The van der Waals surface area contributed by atoms with E-state index >= 15 is 0 Å². The van der Waals surface area contributed by atoms with Gasteiger partial charge in [0.05, 0.1) is 8.95 Å². The first-order valence-corrected chi connectivity index (χ1v) is 7.51. The van der Waals surface area contributed by atoms with Crippen molar-refractivity contribution in [3.05, 3.63) is 26.6 Å². The molecule has 17 heavy (non-hydrogen) atoms. The molecular formula is C13H22Br2O2. The van der Waals surface area contributed by atoms with Gasteiger partial charge in [0.25, 0.3) is 0 Å². The second-order valence-corrected chi connectivity index (χ2v) is 4.44. The van der Waals surface area contributed by atoms with Crippen LogP contribution >= 0.6 is 31.9 Å². The number of phenolic OH excluding ortho intramolecular Hbond substituents is 1. The maximum absolute atomic E-state index is 9.41. The highest BCUT2D eigenvalue weighted by Gasteiger charge is 2.05. The fraction of sp³-hybridized carbons (Fsp3) is 0.538. The van der Waals surface area contributed by atoms with E-state index in [-0.39, 0.29) is 12.4 Å². The molecule has 100 valence electrons. The third-order valence-electron chi connectivity index (χ3n) is 1.70. The summed E-state index contributed by atoms with van der Waals surface area (Å²) in [5, 5.41) is 18.1. The Kier molecular flexibility index (Phi) is 14.1. The molecule has 0 spiro atoms. The molecule has 0 saturated heterocycles. The molecule has 0 bridgehead atoms. The normalized spacial score (nSPS) is 8.65. The first-order valence-electron chi connectivity index (χ1n) is 5.93. The molecule has 0 saturated carbocycles. The minimum atomic E-state index is 0.191. The number of hydrogen-bond donors (Lipinski definition) is 2. The Morgan fingerprint density at radius 2 is 1.41 bits per heavy atom. The van der Waals surface area contributed by atoms with E-state index in [1.165, 1.54) is 0 Å². The quantitative estimate of drug-likeness (QED) is 0.795. The van der Waals surface area contributed by atoms with Crippen LogP contribution in [0.25, 0.3) is 0 Å². The van der Waals surface area contributed by atoms with Crippen LogP contribution < -0.4 is 0 Å². The van der Waals surface area contributed by atoms with E-state index in [0.29, 0.717) is 8.95 Å².